The summed E-state index contributed by atoms with van der Waals surface area (Å²) < 4.78 is 25.8. The van der Waals surface area contributed by atoms with Crippen molar-refractivity contribution in [1.82, 2.24) is 0 Å². The normalized spacial score (nSPS) is 14.0. The van der Waals surface area contributed by atoms with E-state index in [1.807, 2.05) is 37.3 Å². The molecule has 1 aliphatic rings. The Bertz CT molecular complexity index is 773. The minimum absolute atomic E-state index is 0.162. The van der Waals surface area contributed by atoms with Crippen molar-refractivity contribution in [1.29, 1.82) is 0 Å². The van der Waals surface area contributed by atoms with Gasteiger partial charge in [0.1, 0.15) is 6.61 Å². The van der Waals surface area contributed by atoms with Gasteiger partial charge in [-0.1, -0.05) is 43.7 Å². The van der Waals surface area contributed by atoms with Crippen LogP contribution in [-0.4, -0.2) is 25.7 Å². The third kappa shape index (κ3) is 5.24. The zero-order valence-corrected chi connectivity index (χ0v) is 16.5. The van der Waals surface area contributed by atoms with Crippen molar-refractivity contribution in [2.75, 3.05) is 24.6 Å². The summed E-state index contributed by atoms with van der Waals surface area (Å²) in [7, 11) is 0. The van der Waals surface area contributed by atoms with Crippen LogP contribution in [0, 0.1) is 5.82 Å². The molecule has 1 heterocycles. The van der Waals surface area contributed by atoms with Crippen molar-refractivity contribution in [3.8, 4) is 5.75 Å². The Balaban J connectivity index is 1.84. The molecule has 0 unspecified atom stereocenters. The van der Waals surface area contributed by atoms with E-state index in [2.05, 4.69) is 4.90 Å². The highest BCUT2D eigenvalue weighted by molar-refractivity contribution is 5.96. The first kappa shape index (κ1) is 20.2. The summed E-state index contributed by atoms with van der Waals surface area (Å²) in [6.45, 7) is 4.35. The van der Waals surface area contributed by atoms with E-state index in [1.165, 1.54) is 12.5 Å². The van der Waals surface area contributed by atoms with E-state index in [0.717, 1.165) is 44.3 Å². The van der Waals surface area contributed by atoms with E-state index in [1.54, 1.807) is 6.07 Å². The number of piperidine rings is 1. The maximum Gasteiger partial charge on any atom is 0.340 e. The predicted molar refractivity (Wildman–Crippen MR) is 108 cm³/mol. The summed E-state index contributed by atoms with van der Waals surface area (Å²) >= 11 is 0. The van der Waals surface area contributed by atoms with Crippen molar-refractivity contribution in [2.24, 2.45) is 0 Å². The van der Waals surface area contributed by atoms with Gasteiger partial charge in [-0.15, -0.1) is 0 Å². The number of nitrogens with zero attached hydrogens (tertiary/aromatic N) is 1. The molecule has 1 aliphatic heterocycles. The molecular formula is C23H28FNO3. The number of carbonyl (C=O) groups excluding carboxylic acids is 1. The maximum atomic E-state index is 14.7. The van der Waals surface area contributed by atoms with Gasteiger partial charge in [-0.05, 0) is 37.3 Å². The van der Waals surface area contributed by atoms with Gasteiger partial charge in [-0.2, -0.15) is 0 Å². The zero-order chi connectivity index (χ0) is 19.8. The Kier molecular flexibility index (Phi) is 7.29. The van der Waals surface area contributed by atoms with E-state index in [0.29, 0.717) is 12.3 Å². The van der Waals surface area contributed by atoms with Gasteiger partial charge in [-0.25, -0.2) is 9.18 Å². The highest BCUT2D eigenvalue weighted by Crippen LogP contribution is 2.32. The van der Waals surface area contributed by atoms with E-state index in [9.17, 15) is 9.18 Å². The second-order valence-electron chi connectivity index (χ2n) is 7.11. The fraction of sp³-hybridized carbons (Fsp3) is 0.435. The quantitative estimate of drug-likeness (QED) is 0.453. The molecule has 2 aromatic rings. The van der Waals surface area contributed by atoms with Crippen LogP contribution in [0.1, 0.15) is 54.9 Å². The number of unbranched alkanes of at least 4 members (excludes halogenated alkanes) is 1. The molecule has 0 N–H and O–H groups in total. The minimum atomic E-state index is -0.542. The number of anilines is 1. The molecule has 0 atom stereocenters. The molecule has 150 valence electrons. The maximum absolute atomic E-state index is 14.7. The van der Waals surface area contributed by atoms with Crippen LogP contribution in [0.4, 0.5) is 10.1 Å². The van der Waals surface area contributed by atoms with Crippen LogP contribution in [-0.2, 0) is 11.3 Å². The Morgan fingerprint density at radius 1 is 1.11 bits per heavy atom. The van der Waals surface area contributed by atoms with Gasteiger partial charge < -0.3 is 14.4 Å². The summed E-state index contributed by atoms with van der Waals surface area (Å²) in [5.41, 5.74) is 1.94. The number of benzene rings is 2. The monoisotopic (exact) mass is 385 g/mol. The van der Waals surface area contributed by atoms with Crippen LogP contribution in [0.5, 0.6) is 5.75 Å². The molecule has 1 fully saturated rings. The fourth-order valence-corrected chi connectivity index (χ4v) is 3.34. The highest BCUT2D eigenvalue weighted by atomic mass is 19.1. The van der Waals surface area contributed by atoms with Crippen molar-refractivity contribution in [2.45, 2.75) is 45.6 Å². The summed E-state index contributed by atoms with van der Waals surface area (Å²) in [4.78, 5) is 14.7. The Hall–Kier alpha value is -2.56. The third-order valence-corrected chi connectivity index (χ3v) is 4.94. The lowest BCUT2D eigenvalue weighted by atomic mass is 10.1. The van der Waals surface area contributed by atoms with Gasteiger partial charge in [0, 0.05) is 19.2 Å². The molecule has 0 aromatic heterocycles. The van der Waals surface area contributed by atoms with Crippen LogP contribution >= 0.6 is 0 Å². The molecule has 2 aromatic carbocycles. The molecule has 4 nitrogen and oxygen atoms in total. The molecule has 0 saturated carbocycles. The van der Waals surface area contributed by atoms with Gasteiger partial charge in [-0.3, -0.25) is 0 Å². The van der Waals surface area contributed by atoms with Crippen LogP contribution < -0.4 is 9.64 Å². The lowest BCUT2D eigenvalue weighted by Gasteiger charge is -2.30. The largest absolute Gasteiger partial charge is 0.486 e. The number of hydrogen-bond acceptors (Lipinski definition) is 4. The summed E-state index contributed by atoms with van der Waals surface area (Å²) in [6.07, 6.45) is 5.02. The third-order valence-electron chi connectivity index (χ3n) is 4.94. The van der Waals surface area contributed by atoms with Crippen LogP contribution in [0.3, 0.4) is 0 Å². The Labute approximate surface area is 166 Å². The fourth-order valence-electron chi connectivity index (χ4n) is 3.34. The molecule has 0 radical (unpaired) electrons. The lowest BCUT2D eigenvalue weighted by Crippen LogP contribution is -2.31. The average Bonchev–Trinajstić information content (AvgIpc) is 2.74. The molecular weight excluding hydrogens is 357 g/mol. The number of esters is 1. The van der Waals surface area contributed by atoms with Gasteiger partial charge in [0.25, 0.3) is 0 Å². The van der Waals surface area contributed by atoms with Crippen molar-refractivity contribution in [3.05, 3.63) is 59.4 Å². The Morgan fingerprint density at radius 3 is 2.57 bits per heavy atom. The Morgan fingerprint density at radius 2 is 1.86 bits per heavy atom. The second-order valence-corrected chi connectivity index (χ2v) is 7.11. The number of hydrogen-bond donors (Lipinski definition) is 0. The first-order chi connectivity index (χ1) is 13.7. The second kappa shape index (κ2) is 10.1. The van der Waals surface area contributed by atoms with E-state index in [4.69, 9.17) is 9.47 Å². The van der Waals surface area contributed by atoms with Gasteiger partial charge >= 0.3 is 5.97 Å². The topological polar surface area (TPSA) is 38.8 Å². The smallest absolute Gasteiger partial charge is 0.340 e. The van der Waals surface area contributed by atoms with Gasteiger partial charge in [0.05, 0.1) is 17.9 Å². The molecule has 0 bridgehead atoms. The molecule has 3 rings (SSSR count). The van der Waals surface area contributed by atoms with Crippen molar-refractivity contribution in [3.63, 3.8) is 0 Å². The first-order valence-corrected chi connectivity index (χ1v) is 10.1. The molecule has 0 spiro atoms. The highest BCUT2D eigenvalue weighted by Gasteiger charge is 2.23. The van der Waals surface area contributed by atoms with E-state index < -0.39 is 11.8 Å². The number of halogens is 1. The van der Waals surface area contributed by atoms with Gasteiger partial charge in [0.15, 0.2) is 11.6 Å². The molecule has 0 amide bonds. The summed E-state index contributed by atoms with van der Waals surface area (Å²) in [5.74, 6) is -0.851. The molecule has 0 aliphatic carbocycles. The molecule has 28 heavy (non-hydrogen) atoms. The van der Waals surface area contributed by atoms with Crippen molar-refractivity contribution < 1.29 is 18.7 Å². The van der Waals surface area contributed by atoms with Gasteiger partial charge in [0.2, 0.25) is 0 Å². The van der Waals surface area contributed by atoms with E-state index >= 15 is 0 Å². The molecule has 5 heteroatoms. The zero-order valence-electron chi connectivity index (χ0n) is 16.5. The minimum Gasteiger partial charge on any atom is -0.486 e. The number of ether oxygens (including phenoxy) is 2. The number of carbonyl (C=O) groups is 1. The van der Waals surface area contributed by atoms with Crippen LogP contribution in [0.2, 0.25) is 0 Å². The lowest BCUT2D eigenvalue weighted by molar-refractivity contribution is 0.0499. The number of rotatable bonds is 8. The summed E-state index contributed by atoms with van der Waals surface area (Å²) in [6, 6.07) is 12.6. The summed E-state index contributed by atoms with van der Waals surface area (Å²) in [5, 5.41) is 0. The molecule has 1 saturated heterocycles. The first-order valence-electron chi connectivity index (χ1n) is 10.1. The van der Waals surface area contributed by atoms with Crippen molar-refractivity contribution >= 4 is 11.7 Å². The van der Waals surface area contributed by atoms with E-state index in [-0.39, 0.29) is 17.9 Å². The SMILES string of the molecule is CCCCOC(=O)c1cc(F)c(OCc2ccccc2)cc1N1CCCCC1. The standard InChI is InChI=1S/C23H28FNO3/c1-2-3-14-27-23(26)19-15-20(24)22(28-17-18-10-6-4-7-11-18)16-21(19)25-12-8-5-9-13-25/h4,6-7,10-11,15-16H,2-3,5,8-9,12-14,17H2,1H3. The predicted octanol–water partition coefficient (Wildman–Crippen LogP) is 5.35. The van der Waals surface area contributed by atoms with Crippen LogP contribution in [0.25, 0.3) is 0 Å². The van der Waals surface area contributed by atoms with Crippen LogP contribution in [0.15, 0.2) is 42.5 Å². The average molecular weight is 385 g/mol.